The molecule has 214 valence electrons. The molecule has 3 aromatic carbocycles. The van der Waals surface area contributed by atoms with Crippen molar-refractivity contribution in [2.45, 2.75) is 52.4 Å². The summed E-state index contributed by atoms with van der Waals surface area (Å²) < 4.78 is 1.64. The Morgan fingerprint density at radius 2 is 1.83 bits per heavy atom. The summed E-state index contributed by atoms with van der Waals surface area (Å²) in [6.07, 6.45) is 4.37. The zero-order valence-corrected chi connectivity index (χ0v) is 24.1. The number of hydrogen-bond acceptors (Lipinski definition) is 6. The van der Waals surface area contributed by atoms with Crippen molar-refractivity contribution in [3.63, 3.8) is 0 Å². The van der Waals surface area contributed by atoms with E-state index in [4.69, 9.17) is 9.82 Å². The minimum atomic E-state index is -0.0986. The van der Waals surface area contributed by atoms with E-state index in [1.165, 1.54) is 0 Å². The molecule has 0 bridgehead atoms. The molecule has 0 saturated heterocycles. The molecule has 5 rings (SSSR count). The number of aromatic nitrogens is 2. The number of ketones is 1. The molecule has 0 aliphatic heterocycles. The van der Waals surface area contributed by atoms with Gasteiger partial charge >= 0.3 is 6.47 Å². The molecule has 0 atom stereocenters. The van der Waals surface area contributed by atoms with Gasteiger partial charge in [-0.25, -0.2) is 10.5 Å². The van der Waals surface area contributed by atoms with Crippen molar-refractivity contribution in [2.24, 2.45) is 4.99 Å². The van der Waals surface area contributed by atoms with Crippen LogP contribution in [-0.4, -0.2) is 34.7 Å². The standard InChI is InChI=1S/C34H34N4O4/c1-4-5-10-31-30(34(41)38(22(2)36-31)26-17-15-25-16-18-32(40)29(25)20-26)19-23-11-13-24(14-12-23)27-8-6-7-9-28(27)33(35-3)37-42-21-39/h6-9,11-15,17,20-21H,4-5,10,16,18-19H2,1-3H3,(H,35,37). The van der Waals surface area contributed by atoms with Gasteiger partial charge in [0.15, 0.2) is 11.6 Å². The molecule has 1 heterocycles. The summed E-state index contributed by atoms with van der Waals surface area (Å²) in [7, 11) is 1.62. The summed E-state index contributed by atoms with van der Waals surface area (Å²) in [6.45, 7) is 4.29. The van der Waals surface area contributed by atoms with Gasteiger partial charge in [-0.05, 0) is 60.6 Å². The van der Waals surface area contributed by atoms with Crippen LogP contribution in [0.25, 0.3) is 16.8 Å². The number of aryl methyl sites for hydroxylation is 3. The predicted molar refractivity (Wildman–Crippen MR) is 163 cm³/mol. The second-order valence-electron chi connectivity index (χ2n) is 10.4. The molecule has 8 heteroatoms. The first-order valence-electron chi connectivity index (χ1n) is 14.2. The minimum absolute atomic E-state index is 0.0986. The van der Waals surface area contributed by atoms with Crippen LogP contribution in [0.5, 0.6) is 0 Å². The van der Waals surface area contributed by atoms with Crippen LogP contribution in [0.15, 0.2) is 76.5 Å². The van der Waals surface area contributed by atoms with Gasteiger partial charge in [0.1, 0.15) is 5.82 Å². The lowest BCUT2D eigenvalue weighted by Gasteiger charge is -2.17. The third-order valence-electron chi connectivity index (χ3n) is 7.73. The second kappa shape index (κ2) is 12.8. The molecular weight excluding hydrogens is 528 g/mol. The molecule has 0 radical (unpaired) electrons. The normalized spacial score (nSPS) is 12.7. The first-order valence-corrected chi connectivity index (χ1v) is 14.2. The minimum Gasteiger partial charge on any atom is -0.345 e. The zero-order valence-electron chi connectivity index (χ0n) is 24.1. The largest absolute Gasteiger partial charge is 0.345 e. The summed E-state index contributed by atoms with van der Waals surface area (Å²) >= 11 is 0. The van der Waals surface area contributed by atoms with Gasteiger partial charge in [-0.15, -0.1) is 0 Å². The number of amidine groups is 1. The van der Waals surface area contributed by atoms with E-state index < -0.39 is 0 Å². The molecular formula is C34H34N4O4. The van der Waals surface area contributed by atoms with Crippen LogP contribution in [0.1, 0.15) is 70.3 Å². The summed E-state index contributed by atoms with van der Waals surface area (Å²) in [6, 6.07) is 21.5. The zero-order chi connectivity index (χ0) is 29.6. The summed E-state index contributed by atoms with van der Waals surface area (Å²) in [5.41, 5.74) is 10.0. The van der Waals surface area contributed by atoms with Crippen LogP contribution in [0, 0.1) is 6.92 Å². The van der Waals surface area contributed by atoms with Gasteiger partial charge in [-0.3, -0.25) is 23.9 Å². The number of rotatable bonds is 10. The molecule has 1 aliphatic rings. The maximum atomic E-state index is 14.1. The Bertz CT molecular complexity index is 1720. The summed E-state index contributed by atoms with van der Waals surface area (Å²) in [5, 5.41) is 0. The smallest absolute Gasteiger partial charge is 0.320 e. The number of hydrogen-bond donors (Lipinski definition) is 1. The van der Waals surface area contributed by atoms with Crippen LogP contribution < -0.4 is 11.0 Å². The van der Waals surface area contributed by atoms with Crippen LogP contribution in [0.2, 0.25) is 0 Å². The molecule has 1 N–H and O–H groups in total. The van der Waals surface area contributed by atoms with E-state index in [1.807, 2.05) is 73.7 Å². The Labute approximate surface area is 245 Å². The highest BCUT2D eigenvalue weighted by atomic mass is 16.7. The van der Waals surface area contributed by atoms with E-state index >= 15 is 0 Å². The van der Waals surface area contributed by atoms with Gasteiger partial charge in [0.25, 0.3) is 5.56 Å². The number of Topliss-reactive ketones (excluding diaryl/α,β-unsaturated/α-hetero) is 1. The Morgan fingerprint density at radius 1 is 1.05 bits per heavy atom. The van der Waals surface area contributed by atoms with Crippen molar-refractivity contribution < 1.29 is 14.4 Å². The fourth-order valence-corrected chi connectivity index (χ4v) is 5.56. The van der Waals surface area contributed by atoms with Gasteiger partial charge in [0.05, 0.1) is 11.4 Å². The maximum Gasteiger partial charge on any atom is 0.320 e. The highest BCUT2D eigenvalue weighted by Gasteiger charge is 2.22. The molecule has 0 fully saturated rings. The topological polar surface area (TPSA) is 103 Å². The van der Waals surface area contributed by atoms with Gasteiger partial charge in [-0.2, -0.15) is 0 Å². The van der Waals surface area contributed by atoms with E-state index in [0.29, 0.717) is 47.8 Å². The SMILES string of the molecule is CCCCc1nc(C)n(-c2ccc3c(c2)C(=O)CC3)c(=O)c1Cc1ccc(-c2ccccc2C(=NC)NOC=O)cc1. The number of carbonyl (C=O) groups excluding carboxylic acids is 2. The Hall–Kier alpha value is -4.85. The number of hydroxylamine groups is 1. The molecule has 0 amide bonds. The lowest BCUT2D eigenvalue weighted by atomic mass is 9.96. The number of aliphatic imine (C=N–C) groups is 1. The third-order valence-corrected chi connectivity index (χ3v) is 7.73. The fourth-order valence-electron chi connectivity index (χ4n) is 5.56. The predicted octanol–water partition coefficient (Wildman–Crippen LogP) is 5.32. The van der Waals surface area contributed by atoms with E-state index in [9.17, 15) is 14.4 Å². The van der Waals surface area contributed by atoms with Crippen molar-refractivity contribution in [1.82, 2.24) is 15.0 Å². The van der Waals surface area contributed by atoms with Crippen molar-refractivity contribution in [2.75, 3.05) is 7.05 Å². The number of nitrogens with one attached hydrogen (secondary N) is 1. The van der Waals surface area contributed by atoms with E-state index in [2.05, 4.69) is 17.4 Å². The van der Waals surface area contributed by atoms with Gasteiger partial charge in [0, 0.05) is 36.6 Å². The van der Waals surface area contributed by atoms with Gasteiger partial charge < -0.3 is 4.84 Å². The highest BCUT2D eigenvalue weighted by Crippen LogP contribution is 2.27. The number of fused-ring (bicyclic) bond motifs is 1. The monoisotopic (exact) mass is 562 g/mol. The lowest BCUT2D eigenvalue weighted by molar-refractivity contribution is -0.132. The van der Waals surface area contributed by atoms with Gasteiger partial charge in [0.2, 0.25) is 0 Å². The maximum absolute atomic E-state index is 14.1. The highest BCUT2D eigenvalue weighted by molar-refractivity contribution is 6.04. The van der Waals surface area contributed by atoms with Crippen LogP contribution in [0.4, 0.5) is 0 Å². The second-order valence-corrected chi connectivity index (χ2v) is 10.4. The third kappa shape index (κ3) is 5.79. The van der Waals surface area contributed by atoms with Crippen LogP contribution in [-0.2, 0) is 28.9 Å². The van der Waals surface area contributed by atoms with E-state index in [0.717, 1.165) is 59.2 Å². The quantitative estimate of drug-likeness (QED) is 0.121. The molecule has 1 aliphatic carbocycles. The first-order chi connectivity index (χ1) is 20.4. The van der Waals surface area contributed by atoms with Gasteiger partial charge in [-0.1, -0.05) is 67.9 Å². The van der Waals surface area contributed by atoms with Crippen molar-refractivity contribution in [3.05, 3.63) is 116 Å². The molecule has 8 nitrogen and oxygen atoms in total. The lowest BCUT2D eigenvalue weighted by Crippen LogP contribution is -2.28. The molecule has 0 unspecified atom stereocenters. The average molecular weight is 563 g/mol. The molecule has 1 aromatic heterocycles. The number of unbranched alkanes of at least 4 members (excludes halogenated alkanes) is 1. The molecule has 0 saturated carbocycles. The Morgan fingerprint density at radius 3 is 2.57 bits per heavy atom. The van der Waals surface area contributed by atoms with E-state index in [1.54, 1.807) is 11.6 Å². The van der Waals surface area contributed by atoms with Crippen LogP contribution in [0.3, 0.4) is 0 Å². The van der Waals surface area contributed by atoms with Crippen molar-refractivity contribution in [1.29, 1.82) is 0 Å². The van der Waals surface area contributed by atoms with E-state index in [-0.39, 0.29) is 11.3 Å². The fraction of sp³-hybridized carbons (Fsp3) is 0.265. The van der Waals surface area contributed by atoms with Crippen molar-refractivity contribution >= 4 is 18.1 Å². The summed E-state index contributed by atoms with van der Waals surface area (Å²) in [4.78, 5) is 51.0. The number of benzene rings is 3. The summed E-state index contributed by atoms with van der Waals surface area (Å²) in [5.74, 6) is 1.17. The molecule has 4 aromatic rings. The van der Waals surface area contributed by atoms with Crippen LogP contribution >= 0.6 is 0 Å². The number of carbonyl (C=O) groups is 2. The molecule has 0 spiro atoms. The molecule has 42 heavy (non-hydrogen) atoms. The van der Waals surface area contributed by atoms with Crippen molar-refractivity contribution in [3.8, 4) is 16.8 Å². The Kier molecular flexibility index (Phi) is 8.71. The Balaban J connectivity index is 1.51. The average Bonchev–Trinajstić information content (AvgIpc) is 3.38. The number of nitrogens with zero attached hydrogens (tertiary/aromatic N) is 3. The first kappa shape index (κ1) is 28.7.